The van der Waals surface area contributed by atoms with E-state index in [0.29, 0.717) is 37.8 Å². The van der Waals surface area contributed by atoms with Crippen molar-refractivity contribution in [3.63, 3.8) is 0 Å². The van der Waals surface area contributed by atoms with Crippen LogP contribution in [-0.2, 0) is 14.3 Å². The SMILES string of the molecule is C[C@H]1[C@@H](NC(=O)COC(=O)C2CCN(C(=O)Nc3ccccc3)CC2)CCC[C@@H]1C. The molecule has 1 aliphatic heterocycles. The van der Waals surface area contributed by atoms with Crippen molar-refractivity contribution in [2.75, 3.05) is 25.0 Å². The monoisotopic (exact) mass is 415 g/mol. The van der Waals surface area contributed by atoms with E-state index in [1.807, 2.05) is 30.3 Å². The number of nitrogens with one attached hydrogen (secondary N) is 2. The third-order valence-corrected chi connectivity index (χ3v) is 6.54. The number of nitrogens with zero attached hydrogens (tertiary/aromatic N) is 1. The van der Waals surface area contributed by atoms with Crippen molar-refractivity contribution < 1.29 is 19.1 Å². The average Bonchev–Trinajstić information content (AvgIpc) is 2.76. The zero-order chi connectivity index (χ0) is 21.5. The highest BCUT2D eigenvalue weighted by atomic mass is 16.5. The summed E-state index contributed by atoms with van der Waals surface area (Å²) in [7, 11) is 0. The van der Waals surface area contributed by atoms with E-state index in [1.165, 1.54) is 6.42 Å². The molecule has 1 aromatic rings. The number of amides is 3. The molecule has 7 heteroatoms. The zero-order valence-electron chi connectivity index (χ0n) is 17.9. The summed E-state index contributed by atoms with van der Waals surface area (Å²) in [6.07, 6.45) is 4.38. The topological polar surface area (TPSA) is 87.7 Å². The molecule has 2 fully saturated rings. The zero-order valence-corrected chi connectivity index (χ0v) is 17.9. The van der Waals surface area contributed by atoms with Crippen molar-refractivity contribution in [2.24, 2.45) is 17.8 Å². The number of urea groups is 1. The first kappa shape index (κ1) is 22.1. The van der Waals surface area contributed by atoms with Crippen molar-refractivity contribution in [2.45, 2.75) is 52.0 Å². The van der Waals surface area contributed by atoms with Gasteiger partial charge in [-0.05, 0) is 43.2 Å². The van der Waals surface area contributed by atoms with Crippen molar-refractivity contribution >= 4 is 23.6 Å². The summed E-state index contributed by atoms with van der Waals surface area (Å²) in [4.78, 5) is 38.6. The fourth-order valence-electron chi connectivity index (χ4n) is 4.33. The highest BCUT2D eigenvalue weighted by Gasteiger charge is 2.30. The first-order chi connectivity index (χ1) is 14.4. The van der Waals surface area contributed by atoms with Gasteiger partial charge in [0.1, 0.15) is 0 Å². The van der Waals surface area contributed by atoms with Gasteiger partial charge in [0.05, 0.1) is 5.92 Å². The second kappa shape index (κ2) is 10.5. The molecule has 1 saturated carbocycles. The standard InChI is InChI=1S/C23H33N3O4/c1-16-7-6-10-20(17(16)2)25-21(27)15-30-22(28)18-11-13-26(14-12-18)23(29)24-19-8-4-3-5-9-19/h3-5,8-9,16-18,20H,6-7,10-15H2,1-2H3,(H,24,29)(H,25,27)/t16-,17+,20-/m0/s1. The van der Waals surface area contributed by atoms with Crippen LogP contribution >= 0.6 is 0 Å². The number of anilines is 1. The first-order valence-electron chi connectivity index (χ1n) is 11.0. The second-order valence-electron chi connectivity index (χ2n) is 8.61. The molecule has 3 amide bonds. The summed E-state index contributed by atoms with van der Waals surface area (Å²) >= 11 is 0. The van der Waals surface area contributed by atoms with E-state index in [2.05, 4.69) is 24.5 Å². The van der Waals surface area contributed by atoms with E-state index in [4.69, 9.17) is 4.74 Å². The van der Waals surface area contributed by atoms with Gasteiger partial charge in [0.25, 0.3) is 5.91 Å². The van der Waals surface area contributed by atoms with Gasteiger partial charge in [-0.2, -0.15) is 0 Å². The lowest BCUT2D eigenvalue weighted by atomic mass is 9.78. The third kappa shape index (κ3) is 5.97. The fourth-order valence-corrected chi connectivity index (χ4v) is 4.33. The molecule has 164 valence electrons. The highest BCUT2D eigenvalue weighted by Crippen LogP contribution is 2.29. The fraction of sp³-hybridized carbons (Fsp3) is 0.609. The van der Waals surface area contributed by atoms with Gasteiger partial charge in [-0.1, -0.05) is 44.9 Å². The summed E-state index contributed by atoms with van der Waals surface area (Å²) in [6.45, 7) is 5.13. The molecule has 30 heavy (non-hydrogen) atoms. The first-order valence-corrected chi connectivity index (χ1v) is 11.0. The molecule has 7 nitrogen and oxygen atoms in total. The van der Waals surface area contributed by atoms with Crippen LogP contribution in [0.5, 0.6) is 0 Å². The van der Waals surface area contributed by atoms with Crippen molar-refractivity contribution in [1.29, 1.82) is 0 Å². The van der Waals surface area contributed by atoms with Gasteiger partial charge < -0.3 is 20.3 Å². The second-order valence-corrected chi connectivity index (χ2v) is 8.61. The predicted octanol–water partition coefficient (Wildman–Crippen LogP) is 3.41. The van der Waals surface area contributed by atoms with Crippen molar-refractivity contribution in [3.8, 4) is 0 Å². The Morgan fingerprint density at radius 3 is 2.43 bits per heavy atom. The molecule has 1 saturated heterocycles. The number of rotatable bonds is 5. The predicted molar refractivity (Wildman–Crippen MR) is 115 cm³/mol. The van der Waals surface area contributed by atoms with Crippen LogP contribution in [-0.4, -0.2) is 48.5 Å². The molecule has 0 bridgehead atoms. The number of esters is 1. The van der Waals surface area contributed by atoms with Gasteiger partial charge in [-0.3, -0.25) is 9.59 Å². The summed E-state index contributed by atoms with van der Waals surface area (Å²) in [5, 5.41) is 5.88. The summed E-state index contributed by atoms with van der Waals surface area (Å²) in [5.74, 6) is 0.181. The lowest BCUT2D eigenvalue weighted by Gasteiger charge is -2.34. The molecule has 0 unspecified atom stereocenters. The van der Waals surface area contributed by atoms with Gasteiger partial charge >= 0.3 is 12.0 Å². The van der Waals surface area contributed by atoms with E-state index in [9.17, 15) is 14.4 Å². The van der Waals surface area contributed by atoms with Crippen molar-refractivity contribution in [3.05, 3.63) is 30.3 Å². The van der Waals surface area contributed by atoms with Gasteiger partial charge in [-0.15, -0.1) is 0 Å². The van der Waals surface area contributed by atoms with Gasteiger partial charge in [0, 0.05) is 24.8 Å². The van der Waals surface area contributed by atoms with Crippen LogP contribution < -0.4 is 10.6 Å². The molecular weight excluding hydrogens is 382 g/mol. The van der Waals surface area contributed by atoms with E-state index in [1.54, 1.807) is 4.90 Å². The Labute approximate surface area is 178 Å². The van der Waals surface area contributed by atoms with E-state index >= 15 is 0 Å². The number of carbonyl (C=O) groups is 3. The van der Waals surface area contributed by atoms with E-state index < -0.39 is 0 Å². The highest BCUT2D eigenvalue weighted by molar-refractivity contribution is 5.89. The molecule has 1 aromatic carbocycles. The summed E-state index contributed by atoms with van der Waals surface area (Å²) in [6, 6.07) is 9.29. The van der Waals surface area contributed by atoms with Gasteiger partial charge in [0.2, 0.25) is 0 Å². The Hall–Kier alpha value is -2.57. The van der Waals surface area contributed by atoms with Crippen LogP contribution in [0, 0.1) is 17.8 Å². The minimum Gasteiger partial charge on any atom is -0.455 e. The smallest absolute Gasteiger partial charge is 0.321 e. The molecule has 2 aliphatic rings. The lowest BCUT2D eigenvalue weighted by molar-refractivity contribution is -0.154. The molecule has 1 aliphatic carbocycles. The molecule has 3 rings (SSSR count). The minimum absolute atomic E-state index is 0.159. The van der Waals surface area contributed by atoms with E-state index in [0.717, 1.165) is 18.5 Å². The number of hydrogen-bond acceptors (Lipinski definition) is 4. The number of hydrogen-bond donors (Lipinski definition) is 2. The molecule has 0 spiro atoms. The molecule has 2 N–H and O–H groups in total. The van der Waals surface area contributed by atoms with Crippen LogP contribution in [0.4, 0.5) is 10.5 Å². The average molecular weight is 416 g/mol. The maximum absolute atomic E-state index is 12.4. The summed E-state index contributed by atoms with van der Waals surface area (Å²) < 4.78 is 5.27. The van der Waals surface area contributed by atoms with Gasteiger partial charge in [0.15, 0.2) is 6.61 Å². The van der Waals surface area contributed by atoms with Gasteiger partial charge in [-0.25, -0.2) is 4.79 Å². The van der Waals surface area contributed by atoms with E-state index in [-0.39, 0.29) is 36.5 Å². The van der Waals surface area contributed by atoms with Crippen LogP contribution in [0.25, 0.3) is 0 Å². The molecule has 1 heterocycles. The minimum atomic E-state index is -0.349. The summed E-state index contributed by atoms with van der Waals surface area (Å²) in [5.41, 5.74) is 0.747. The Morgan fingerprint density at radius 2 is 1.73 bits per heavy atom. The Morgan fingerprint density at radius 1 is 1.03 bits per heavy atom. The number of carbonyl (C=O) groups excluding carboxylic acids is 3. The number of likely N-dealkylation sites (tertiary alicyclic amines) is 1. The Balaban J connectivity index is 1.37. The number of ether oxygens (including phenoxy) is 1. The van der Waals surface area contributed by atoms with Crippen LogP contribution in [0.2, 0.25) is 0 Å². The normalized spacial score (nSPS) is 24.7. The number of para-hydroxylation sites is 1. The maximum Gasteiger partial charge on any atom is 0.321 e. The Kier molecular flexibility index (Phi) is 7.71. The molecule has 0 radical (unpaired) electrons. The largest absolute Gasteiger partial charge is 0.455 e. The third-order valence-electron chi connectivity index (χ3n) is 6.54. The van der Waals surface area contributed by atoms with Crippen LogP contribution in [0.3, 0.4) is 0 Å². The maximum atomic E-state index is 12.4. The molecular formula is C23H33N3O4. The Bertz CT molecular complexity index is 731. The van der Waals surface area contributed by atoms with Crippen molar-refractivity contribution in [1.82, 2.24) is 10.2 Å². The van der Waals surface area contributed by atoms with Crippen LogP contribution in [0.1, 0.15) is 46.0 Å². The quantitative estimate of drug-likeness (QED) is 0.722. The van der Waals surface area contributed by atoms with Crippen LogP contribution in [0.15, 0.2) is 30.3 Å². The number of piperidine rings is 1. The number of benzene rings is 1. The lowest BCUT2D eigenvalue weighted by Crippen LogP contribution is -2.46. The molecule has 3 atom stereocenters. The molecule has 0 aromatic heterocycles.